The van der Waals surface area contributed by atoms with Crippen molar-refractivity contribution in [2.45, 2.75) is 32.4 Å². The third kappa shape index (κ3) is 2.80. The molecule has 0 aromatic carbocycles. The van der Waals surface area contributed by atoms with Gasteiger partial charge in [-0.25, -0.2) is 9.48 Å². The number of rotatable bonds is 6. The maximum atomic E-state index is 11.0. The lowest BCUT2D eigenvalue weighted by molar-refractivity contribution is 0.0673. The summed E-state index contributed by atoms with van der Waals surface area (Å²) in [5, 5.41) is 25.4. The van der Waals surface area contributed by atoms with Gasteiger partial charge < -0.3 is 14.9 Å². The van der Waals surface area contributed by atoms with E-state index in [1.165, 1.54) is 11.8 Å². The fraction of sp³-hybridized carbons (Fsp3) is 0.700. The van der Waals surface area contributed by atoms with Gasteiger partial charge in [0.05, 0.1) is 12.1 Å². The zero-order valence-corrected chi connectivity index (χ0v) is 10.1. The molecule has 2 atom stereocenters. The molecule has 0 radical (unpaired) electrons. The average molecular weight is 243 g/mol. The van der Waals surface area contributed by atoms with E-state index in [-0.39, 0.29) is 18.3 Å². The minimum Gasteiger partial charge on any atom is -0.476 e. The molecule has 0 spiro atoms. The molecule has 0 aliphatic heterocycles. The summed E-state index contributed by atoms with van der Waals surface area (Å²) in [5.41, 5.74) is 0.310. The SMILES string of the molecule is COC(C)c1c(C(=O)O)nnn1C(C)CCO. The fourth-order valence-electron chi connectivity index (χ4n) is 1.58. The number of carboxylic acids is 1. The Bertz CT molecular complexity index is 391. The molecule has 0 saturated carbocycles. The van der Waals surface area contributed by atoms with E-state index in [2.05, 4.69) is 10.3 Å². The van der Waals surface area contributed by atoms with Crippen LogP contribution in [0.5, 0.6) is 0 Å². The van der Waals surface area contributed by atoms with Crippen LogP contribution in [0, 0.1) is 0 Å². The molecular formula is C10H17N3O4. The van der Waals surface area contributed by atoms with E-state index < -0.39 is 12.1 Å². The summed E-state index contributed by atoms with van der Waals surface area (Å²) in [5.74, 6) is -1.13. The lowest BCUT2D eigenvalue weighted by atomic mass is 10.2. The molecule has 0 fully saturated rings. The molecule has 7 nitrogen and oxygen atoms in total. The molecular weight excluding hydrogens is 226 g/mol. The van der Waals surface area contributed by atoms with Gasteiger partial charge in [0.25, 0.3) is 0 Å². The molecule has 1 aromatic rings. The maximum Gasteiger partial charge on any atom is 0.358 e. The number of aromatic carboxylic acids is 1. The Kier molecular flexibility index (Phi) is 4.59. The Morgan fingerprint density at radius 2 is 2.18 bits per heavy atom. The van der Waals surface area contributed by atoms with Gasteiger partial charge in [-0.05, 0) is 20.3 Å². The second kappa shape index (κ2) is 5.74. The highest BCUT2D eigenvalue weighted by molar-refractivity contribution is 5.86. The fourth-order valence-corrected chi connectivity index (χ4v) is 1.58. The van der Waals surface area contributed by atoms with E-state index in [1.54, 1.807) is 6.92 Å². The molecule has 2 unspecified atom stereocenters. The quantitative estimate of drug-likeness (QED) is 0.760. The van der Waals surface area contributed by atoms with Crippen LogP contribution in [0.1, 0.15) is 48.6 Å². The summed E-state index contributed by atoms with van der Waals surface area (Å²) in [6, 6.07) is -0.131. The summed E-state index contributed by atoms with van der Waals surface area (Å²) >= 11 is 0. The van der Waals surface area contributed by atoms with Crippen LogP contribution in [-0.2, 0) is 4.74 Å². The zero-order valence-electron chi connectivity index (χ0n) is 10.1. The summed E-state index contributed by atoms with van der Waals surface area (Å²) in [7, 11) is 1.49. The van der Waals surface area contributed by atoms with Crippen molar-refractivity contribution >= 4 is 5.97 Å². The molecule has 1 rings (SSSR count). The molecule has 0 bridgehead atoms. The first kappa shape index (κ1) is 13.6. The van der Waals surface area contributed by atoms with Crippen LogP contribution in [0.2, 0.25) is 0 Å². The second-order valence-electron chi connectivity index (χ2n) is 3.81. The van der Waals surface area contributed by atoms with Crippen LogP contribution in [0.3, 0.4) is 0 Å². The van der Waals surface area contributed by atoms with E-state index in [0.717, 1.165) is 0 Å². The molecule has 7 heteroatoms. The van der Waals surface area contributed by atoms with Crippen LogP contribution >= 0.6 is 0 Å². The molecule has 1 aromatic heterocycles. The number of aliphatic hydroxyl groups is 1. The minimum atomic E-state index is -1.13. The number of hydrogen-bond acceptors (Lipinski definition) is 5. The Hall–Kier alpha value is -1.47. The van der Waals surface area contributed by atoms with Crippen LogP contribution in [0.4, 0.5) is 0 Å². The summed E-state index contributed by atoms with van der Waals surface area (Å²) in [6.45, 7) is 3.57. The van der Waals surface area contributed by atoms with Crippen molar-refractivity contribution < 1.29 is 19.7 Å². The molecule has 1 heterocycles. The average Bonchev–Trinajstić information content (AvgIpc) is 2.72. The Morgan fingerprint density at radius 3 is 2.65 bits per heavy atom. The van der Waals surface area contributed by atoms with Crippen molar-refractivity contribution in [2.75, 3.05) is 13.7 Å². The third-order valence-electron chi connectivity index (χ3n) is 2.64. The van der Waals surface area contributed by atoms with E-state index in [9.17, 15) is 4.79 Å². The van der Waals surface area contributed by atoms with Gasteiger partial charge in [-0.1, -0.05) is 5.21 Å². The lowest BCUT2D eigenvalue weighted by Crippen LogP contribution is -2.16. The summed E-state index contributed by atoms with van der Waals surface area (Å²) in [6.07, 6.45) is 0.0588. The van der Waals surface area contributed by atoms with E-state index in [0.29, 0.717) is 12.1 Å². The summed E-state index contributed by atoms with van der Waals surface area (Å²) < 4.78 is 6.62. The van der Waals surface area contributed by atoms with Crippen molar-refractivity contribution in [3.63, 3.8) is 0 Å². The van der Waals surface area contributed by atoms with E-state index in [4.69, 9.17) is 14.9 Å². The summed E-state index contributed by atoms with van der Waals surface area (Å²) in [4.78, 5) is 11.0. The highest BCUT2D eigenvalue weighted by Crippen LogP contribution is 2.23. The number of aliphatic hydroxyl groups excluding tert-OH is 1. The van der Waals surface area contributed by atoms with E-state index >= 15 is 0 Å². The first-order valence-electron chi connectivity index (χ1n) is 5.34. The van der Waals surface area contributed by atoms with Gasteiger partial charge in [0.15, 0.2) is 5.69 Å². The van der Waals surface area contributed by atoms with Gasteiger partial charge in [0.1, 0.15) is 5.69 Å². The van der Waals surface area contributed by atoms with Gasteiger partial charge in [-0.15, -0.1) is 5.10 Å². The van der Waals surface area contributed by atoms with Crippen LogP contribution in [0.25, 0.3) is 0 Å². The second-order valence-corrected chi connectivity index (χ2v) is 3.81. The van der Waals surface area contributed by atoms with Crippen molar-refractivity contribution in [3.8, 4) is 0 Å². The number of nitrogens with zero attached hydrogens (tertiary/aromatic N) is 3. The highest BCUT2D eigenvalue weighted by Gasteiger charge is 2.25. The minimum absolute atomic E-state index is 0.00420. The number of carbonyl (C=O) groups is 1. The smallest absolute Gasteiger partial charge is 0.358 e. The molecule has 0 amide bonds. The van der Waals surface area contributed by atoms with E-state index in [1.807, 2.05) is 6.92 Å². The standard InChI is InChI=1S/C10H17N3O4/c1-6(4-5-14)13-9(7(2)17-3)8(10(15)16)11-12-13/h6-7,14H,4-5H2,1-3H3,(H,15,16). The molecule has 2 N–H and O–H groups in total. The Balaban J connectivity index is 3.17. The van der Waals surface area contributed by atoms with Gasteiger partial charge in [0, 0.05) is 13.7 Å². The number of aromatic nitrogens is 3. The molecule has 96 valence electrons. The van der Waals surface area contributed by atoms with Crippen molar-refractivity contribution in [2.24, 2.45) is 0 Å². The van der Waals surface area contributed by atoms with Gasteiger partial charge >= 0.3 is 5.97 Å². The zero-order chi connectivity index (χ0) is 13.0. The van der Waals surface area contributed by atoms with Gasteiger partial charge in [0.2, 0.25) is 0 Å². The van der Waals surface area contributed by atoms with Crippen LogP contribution in [-0.4, -0.2) is 44.9 Å². The van der Waals surface area contributed by atoms with Crippen LogP contribution in [0.15, 0.2) is 0 Å². The predicted octanol–water partition coefficient (Wildman–Crippen LogP) is 0.627. The van der Waals surface area contributed by atoms with Gasteiger partial charge in [-0.2, -0.15) is 0 Å². The van der Waals surface area contributed by atoms with Crippen molar-refractivity contribution in [1.82, 2.24) is 15.0 Å². The predicted molar refractivity (Wildman–Crippen MR) is 58.8 cm³/mol. The monoisotopic (exact) mass is 243 g/mol. The maximum absolute atomic E-state index is 11.0. The number of carboxylic acid groups (broad SMARTS) is 1. The number of hydrogen-bond donors (Lipinski definition) is 2. The van der Waals surface area contributed by atoms with Gasteiger partial charge in [-0.3, -0.25) is 0 Å². The lowest BCUT2D eigenvalue weighted by Gasteiger charge is -2.17. The normalized spacial score (nSPS) is 14.6. The first-order valence-corrected chi connectivity index (χ1v) is 5.34. The Labute approximate surface area is 99.0 Å². The highest BCUT2D eigenvalue weighted by atomic mass is 16.5. The Morgan fingerprint density at radius 1 is 1.53 bits per heavy atom. The molecule has 0 saturated heterocycles. The molecule has 0 aliphatic carbocycles. The van der Waals surface area contributed by atoms with Crippen molar-refractivity contribution in [3.05, 3.63) is 11.4 Å². The topological polar surface area (TPSA) is 97.5 Å². The van der Waals surface area contributed by atoms with Crippen molar-refractivity contribution in [1.29, 1.82) is 0 Å². The molecule has 0 aliphatic rings. The van der Waals surface area contributed by atoms with Crippen LogP contribution < -0.4 is 0 Å². The number of methoxy groups -OCH3 is 1. The molecule has 17 heavy (non-hydrogen) atoms. The number of ether oxygens (including phenoxy) is 1. The largest absolute Gasteiger partial charge is 0.476 e. The first-order chi connectivity index (χ1) is 8.02. The third-order valence-corrected chi connectivity index (χ3v) is 2.64.